The van der Waals surface area contributed by atoms with Gasteiger partial charge >= 0.3 is 166 Å². The van der Waals surface area contributed by atoms with Crippen LogP contribution in [-0.4, -0.2) is 37.4 Å². The zero-order valence-corrected chi connectivity index (χ0v) is 18.1. The molecule has 1 aliphatic rings. The molecule has 0 saturated carbocycles. The molecule has 1 heterocycles. The second-order valence-electron chi connectivity index (χ2n) is 7.18. The Labute approximate surface area is 166 Å². The molecule has 2 unspecified atom stereocenters. The molecule has 26 heavy (non-hydrogen) atoms. The summed E-state index contributed by atoms with van der Waals surface area (Å²) in [6.45, 7) is 6.15. The van der Waals surface area contributed by atoms with Crippen molar-refractivity contribution in [3.63, 3.8) is 0 Å². The first-order valence-corrected chi connectivity index (χ1v) is 11.9. The third-order valence-corrected chi connectivity index (χ3v) is 9.71. The van der Waals surface area contributed by atoms with E-state index in [0.717, 1.165) is 10.6 Å². The van der Waals surface area contributed by atoms with Crippen molar-refractivity contribution in [1.29, 1.82) is 0 Å². The van der Waals surface area contributed by atoms with E-state index < -0.39 is 5.41 Å². The number of benzene rings is 2. The van der Waals surface area contributed by atoms with E-state index in [2.05, 4.69) is 37.4 Å². The molecule has 3 atom stereocenters. The third-order valence-electron chi connectivity index (χ3n) is 5.13. The topological polar surface area (TPSA) is 40.5 Å². The number of carbonyl (C=O) groups excluding carboxylic acids is 1. The Balaban J connectivity index is 2.02. The van der Waals surface area contributed by atoms with Crippen molar-refractivity contribution in [2.45, 2.75) is 36.9 Å². The Kier molecular flexibility index (Phi) is 5.83. The molecule has 3 rings (SSSR count). The van der Waals surface area contributed by atoms with Crippen LogP contribution in [0, 0.1) is 5.41 Å². The molecule has 1 amide bonds. The van der Waals surface area contributed by atoms with Gasteiger partial charge in [0.1, 0.15) is 0 Å². The maximum atomic E-state index is 12.8. The molecule has 0 aliphatic carbocycles. The van der Waals surface area contributed by atoms with Gasteiger partial charge in [0.05, 0.1) is 0 Å². The fourth-order valence-corrected chi connectivity index (χ4v) is 7.43. The number of carbonyl (C=O) groups is 1. The molecule has 2 aromatic rings. The molecule has 1 fully saturated rings. The monoisotopic (exact) mass is 435 g/mol. The molecule has 5 heteroatoms. The first kappa shape index (κ1) is 19.5. The van der Waals surface area contributed by atoms with Crippen LogP contribution in [0.3, 0.4) is 0 Å². The molecule has 0 aromatic heterocycles. The molecule has 3 nitrogen and oxygen atoms in total. The molecule has 1 aliphatic heterocycles. The van der Waals surface area contributed by atoms with Crippen molar-refractivity contribution in [1.82, 2.24) is 5.06 Å². The predicted octanol–water partition coefficient (Wildman–Crippen LogP) is 4.23. The summed E-state index contributed by atoms with van der Waals surface area (Å²) >= 11 is 1.88. The van der Waals surface area contributed by atoms with E-state index in [0.29, 0.717) is 5.25 Å². The van der Waals surface area contributed by atoms with Crippen LogP contribution in [-0.2, 0) is 4.79 Å². The maximum absolute atomic E-state index is 12.8. The number of nitrogens with zero attached hydrogens (tertiary/aromatic N) is 1. The van der Waals surface area contributed by atoms with Crippen LogP contribution < -0.4 is 4.46 Å². The minimum absolute atomic E-state index is 0.0533. The standard InChI is InChI=1S/C21H25NO2SSe/c1-14(25-4)16-12-8-9-13-17(16)26-19-18(15-10-6-5-7-11-15)22(24)20(23)21(19,2)3/h5-14,18-19,24H,1-4H3/t14-,18?,19?/m0/s1. The summed E-state index contributed by atoms with van der Waals surface area (Å²) in [5.41, 5.74) is 1.74. The van der Waals surface area contributed by atoms with Gasteiger partial charge in [-0.2, -0.15) is 0 Å². The first-order chi connectivity index (χ1) is 12.4. The van der Waals surface area contributed by atoms with Crippen LogP contribution >= 0.6 is 11.8 Å². The number of rotatable bonds is 5. The Morgan fingerprint density at radius 3 is 2.38 bits per heavy atom. The molecule has 0 radical (unpaired) electrons. The minimum atomic E-state index is -0.592. The Hall–Kier alpha value is -1.26. The van der Waals surface area contributed by atoms with E-state index in [-0.39, 0.29) is 31.7 Å². The predicted molar refractivity (Wildman–Crippen MR) is 109 cm³/mol. The number of hydroxylamine groups is 2. The summed E-state index contributed by atoms with van der Waals surface area (Å²) in [5, 5.41) is 12.0. The van der Waals surface area contributed by atoms with Crippen molar-refractivity contribution in [2.75, 3.05) is 6.26 Å². The average molecular weight is 434 g/mol. The summed E-state index contributed by atoms with van der Waals surface area (Å²) in [4.78, 5) is 12.8. The van der Waals surface area contributed by atoms with E-state index >= 15 is 0 Å². The van der Waals surface area contributed by atoms with Gasteiger partial charge in [-0.1, -0.05) is 0 Å². The van der Waals surface area contributed by atoms with Crippen molar-refractivity contribution in [3.8, 4) is 0 Å². The van der Waals surface area contributed by atoms with Gasteiger partial charge in [0.15, 0.2) is 0 Å². The Morgan fingerprint density at radius 2 is 1.73 bits per heavy atom. The van der Waals surface area contributed by atoms with Crippen LogP contribution in [0.4, 0.5) is 0 Å². The van der Waals surface area contributed by atoms with E-state index in [9.17, 15) is 10.0 Å². The fraction of sp³-hybridized carbons (Fsp3) is 0.381. The summed E-state index contributed by atoms with van der Waals surface area (Å²) in [6, 6.07) is 18.1. The third kappa shape index (κ3) is 3.46. The molecular weight excluding hydrogens is 409 g/mol. The number of thioether (sulfide) groups is 1. The number of hydrogen-bond donors (Lipinski definition) is 1. The van der Waals surface area contributed by atoms with Gasteiger partial charge in [0, 0.05) is 0 Å². The van der Waals surface area contributed by atoms with Crippen LogP contribution in [0.5, 0.6) is 0 Å². The van der Waals surface area contributed by atoms with Crippen molar-refractivity contribution < 1.29 is 10.0 Å². The molecule has 0 bridgehead atoms. The van der Waals surface area contributed by atoms with Gasteiger partial charge < -0.3 is 0 Å². The van der Waals surface area contributed by atoms with E-state index in [1.807, 2.05) is 55.9 Å². The summed E-state index contributed by atoms with van der Waals surface area (Å²) in [6.07, 6.45) is 2.12. The van der Waals surface area contributed by atoms with E-state index in [4.69, 9.17) is 0 Å². The second kappa shape index (κ2) is 7.77. The van der Waals surface area contributed by atoms with Crippen LogP contribution in [0.15, 0.2) is 54.6 Å². The van der Waals surface area contributed by atoms with Gasteiger partial charge in [-0.3, -0.25) is 0 Å². The average Bonchev–Trinajstić information content (AvgIpc) is 2.82. The number of amides is 1. The van der Waals surface area contributed by atoms with Crippen LogP contribution in [0.2, 0.25) is 4.82 Å². The quantitative estimate of drug-likeness (QED) is 0.566. The van der Waals surface area contributed by atoms with Crippen LogP contribution in [0.1, 0.15) is 43.2 Å². The summed E-state index contributed by atoms with van der Waals surface area (Å²) in [5.74, 6) is -0.186. The Morgan fingerprint density at radius 1 is 1.12 bits per heavy atom. The molecule has 1 N–H and O–H groups in total. The van der Waals surface area contributed by atoms with Gasteiger partial charge in [0.25, 0.3) is 0 Å². The number of hydrogen-bond acceptors (Lipinski definition) is 3. The zero-order valence-electron chi connectivity index (χ0n) is 15.5. The Bertz CT molecular complexity index is 781. The van der Waals surface area contributed by atoms with E-state index in [1.165, 1.54) is 10.0 Å². The zero-order chi connectivity index (χ0) is 18.9. The first-order valence-electron chi connectivity index (χ1n) is 8.73. The van der Waals surface area contributed by atoms with Crippen LogP contribution in [0.25, 0.3) is 0 Å². The molecule has 2 aromatic carbocycles. The van der Waals surface area contributed by atoms with Gasteiger partial charge in [-0.15, -0.1) is 0 Å². The molecule has 138 valence electrons. The van der Waals surface area contributed by atoms with E-state index in [1.54, 1.807) is 0 Å². The molecule has 0 spiro atoms. The van der Waals surface area contributed by atoms with Crippen molar-refractivity contribution >= 4 is 37.1 Å². The van der Waals surface area contributed by atoms with Crippen molar-refractivity contribution in [3.05, 3.63) is 65.7 Å². The summed E-state index contributed by atoms with van der Waals surface area (Å²) < 4.78 is 1.32. The summed E-state index contributed by atoms with van der Waals surface area (Å²) in [7, 11) is 0. The molecule has 1 saturated heterocycles. The van der Waals surface area contributed by atoms with Gasteiger partial charge in [-0.25, -0.2) is 0 Å². The van der Waals surface area contributed by atoms with Gasteiger partial charge in [0.2, 0.25) is 0 Å². The second-order valence-corrected chi connectivity index (χ2v) is 10.8. The van der Waals surface area contributed by atoms with Gasteiger partial charge in [-0.05, 0) is 0 Å². The molecular formula is C21H25NO2SSe. The van der Waals surface area contributed by atoms with Crippen molar-refractivity contribution in [2.24, 2.45) is 5.41 Å². The normalized spacial score (nSPS) is 23.3. The fourth-order valence-electron chi connectivity index (χ4n) is 3.43. The SMILES string of the molecule is CS[C@@H](C)c1ccccc1[Se]C1C(c2ccccc2)N(O)C(=O)C1(C)C.